The Hall–Kier alpha value is -1.46. The maximum atomic E-state index is 13.7. The zero-order chi connectivity index (χ0) is 16.5. The van der Waals surface area contributed by atoms with Crippen molar-refractivity contribution in [2.24, 2.45) is 0 Å². The Labute approximate surface area is 144 Å². The van der Waals surface area contributed by atoms with Gasteiger partial charge in [-0.25, -0.2) is 4.79 Å². The summed E-state index contributed by atoms with van der Waals surface area (Å²) in [7, 11) is -1.21. The largest absolute Gasteiger partial charge is 0.448 e. The molecule has 1 spiro atoms. The van der Waals surface area contributed by atoms with Crippen LogP contribution in [-0.2, 0) is 20.3 Å². The fraction of sp³-hybridized carbons (Fsp3) is 0.526. The monoisotopic (exact) mass is 343 g/mol. The summed E-state index contributed by atoms with van der Waals surface area (Å²) in [6.45, 7) is 3.18. The lowest BCUT2D eigenvalue weighted by Crippen LogP contribution is -2.70. The van der Waals surface area contributed by atoms with Gasteiger partial charge in [-0.15, -0.1) is 0 Å². The van der Waals surface area contributed by atoms with Crippen LogP contribution in [-0.4, -0.2) is 44.1 Å². The van der Waals surface area contributed by atoms with Crippen LogP contribution in [0.25, 0.3) is 0 Å². The number of nitrogens with zero attached hydrogens (tertiary/aromatic N) is 1. The van der Waals surface area contributed by atoms with Crippen molar-refractivity contribution in [3.63, 3.8) is 0 Å². The fourth-order valence-corrected chi connectivity index (χ4v) is 7.75. The van der Waals surface area contributed by atoms with Gasteiger partial charge in [0.25, 0.3) is 0 Å². The molecular weight excluding hydrogens is 322 g/mol. The van der Waals surface area contributed by atoms with Crippen molar-refractivity contribution < 1.29 is 13.7 Å². The molecule has 2 unspecified atom stereocenters. The van der Waals surface area contributed by atoms with E-state index < -0.39 is 21.1 Å². The molecule has 0 aromatic heterocycles. The number of rotatable bonds is 2. The Morgan fingerprint density at radius 3 is 2.79 bits per heavy atom. The molecule has 5 rings (SSSR count). The topological polar surface area (TPSA) is 46.6 Å². The number of carbonyl (C=O) groups is 1. The van der Waals surface area contributed by atoms with E-state index in [1.807, 2.05) is 30.3 Å². The van der Waals surface area contributed by atoms with Crippen LogP contribution in [0.3, 0.4) is 0 Å². The van der Waals surface area contributed by atoms with Gasteiger partial charge in [0.2, 0.25) is 0 Å². The van der Waals surface area contributed by atoms with Crippen LogP contribution >= 0.6 is 0 Å². The van der Waals surface area contributed by atoms with E-state index in [-0.39, 0.29) is 18.1 Å². The van der Waals surface area contributed by atoms with Gasteiger partial charge in [0.15, 0.2) is 5.60 Å². The number of hydrogen-bond donors (Lipinski definition) is 0. The van der Waals surface area contributed by atoms with Gasteiger partial charge in [-0.1, -0.05) is 24.6 Å². The van der Waals surface area contributed by atoms with E-state index in [1.165, 1.54) is 0 Å². The summed E-state index contributed by atoms with van der Waals surface area (Å²) in [5.41, 5.74) is 0.406. The molecule has 0 bridgehead atoms. The molecule has 1 saturated carbocycles. The molecule has 3 aliphatic heterocycles. The summed E-state index contributed by atoms with van der Waals surface area (Å²) < 4.78 is 19.2. The van der Waals surface area contributed by atoms with Crippen molar-refractivity contribution in [3.05, 3.63) is 42.0 Å². The second-order valence-electron chi connectivity index (χ2n) is 7.40. The van der Waals surface area contributed by atoms with Crippen molar-refractivity contribution in [1.82, 2.24) is 4.90 Å². The molecule has 3 fully saturated rings. The van der Waals surface area contributed by atoms with Gasteiger partial charge >= 0.3 is 5.97 Å². The number of carbonyl (C=O) groups excluding carboxylic acids is 1. The minimum Gasteiger partial charge on any atom is -0.448 e. The van der Waals surface area contributed by atoms with Crippen LogP contribution in [0.4, 0.5) is 0 Å². The quantitative estimate of drug-likeness (QED) is 0.774. The highest BCUT2D eigenvalue weighted by molar-refractivity contribution is 7.86. The molecule has 2 saturated heterocycles. The summed E-state index contributed by atoms with van der Waals surface area (Å²) in [5.74, 6) is -0.253. The molecule has 0 radical (unpaired) electrons. The molecule has 1 aromatic carbocycles. The van der Waals surface area contributed by atoms with E-state index in [0.717, 1.165) is 36.3 Å². The summed E-state index contributed by atoms with van der Waals surface area (Å²) >= 11 is 0. The van der Waals surface area contributed by atoms with Crippen LogP contribution in [0.5, 0.6) is 0 Å². The first-order chi connectivity index (χ1) is 11.6. The summed E-state index contributed by atoms with van der Waals surface area (Å²) in [5, 5.41) is 0. The lowest BCUT2D eigenvalue weighted by molar-refractivity contribution is -0.154. The summed E-state index contributed by atoms with van der Waals surface area (Å²) in [6, 6.07) is 9.99. The van der Waals surface area contributed by atoms with E-state index in [4.69, 9.17) is 4.74 Å². The highest BCUT2D eigenvalue weighted by Crippen LogP contribution is 2.67. The predicted molar refractivity (Wildman–Crippen MR) is 90.9 cm³/mol. The molecule has 1 aliphatic carbocycles. The average Bonchev–Trinajstić information content (AvgIpc) is 2.96. The molecule has 4 nitrogen and oxygen atoms in total. The Morgan fingerprint density at radius 2 is 2.04 bits per heavy atom. The molecule has 4 aliphatic rings. The van der Waals surface area contributed by atoms with Crippen LogP contribution in [0, 0.1) is 0 Å². The third kappa shape index (κ3) is 1.49. The van der Waals surface area contributed by atoms with Crippen molar-refractivity contribution >= 4 is 16.8 Å². The van der Waals surface area contributed by atoms with Crippen LogP contribution in [0.2, 0.25) is 0 Å². The Kier molecular flexibility index (Phi) is 2.97. The molecule has 5 atom stereocenters. The number of benzene rings is 1. The number of ether oxygens (including phenoxy) is 1. The van der Waals surface area contributed by atoms with Crippen molar-refractivity contribution in [2.75, 3.05) is 6.54 Å². The SMILES string of the molecule is C[C@@H]1N2CCCC[C@@H]2[C@@]23OC(=O)C=C2CC13S(=O)c1ccccc1. The summed E-state index contributed by atoms with van der Waals surface area (Å²) in [6.07, 6.45) is 5.69. The van der Waals surface area contributed by atoms with Crippen molar-refractivity contribution in [3.8, 4) is 0 Å². The van der Waals surface area contributed by atoms with Crippen molar-refractivity contribution in [2.45, 2.75) is 59.9 Å². The average molecular weight is 343 g/mol. The Morgan fingerprint density at radius 1 is 1.25 bits per heavy atom. The van der Waals surface area contributed by atoms with Crippen LogP contribution < -0.4 is 0 Å². The molecule has 5 heteroatoms. The zero-order valence-electron chi connectivity index (χ0n) is 13.7. The second kappa shape index (κ2) is 4.79. The maximum Gasteiger partial charge on any atom is 0.331 e. The minimum absolute atomic E-state index is 0.145. The lowest BCUT2D eigenvalue weighted by Gasteiger charge is -2.55. The molecule has 0 amide bonds. The molecule has 1 aromatic rings. The second-order valence-corrected chi connectivity index (χ2v) is 9.14. The minimum atomic E-state index is -1.21. The molecule has 126 valence electrons. The summed E-state index contributed by atoms with van der Waals surface area (Å²) in [4.78, 5) is 15.4. The van der Waals surface area contributed by atoms with E-state index in [0.29, 0.717) is 6.42 Å². The van der Waals surface area contributed by atoms with Gasteiger partial charge < -0.3 is 4.74 Å². The normalized spacial score (nSPS) is 41.5. The highest BCUT2D eigenvalue weighted by Gasteiger charge is 2.81. The number of piperidine rings is 1. The van der Waals surface area contributed by atoms with Crippen LogP contribution in [0.15, 0.2) is 46.9 Å². The first kappa shape index (κ1) is 14.8. The molecule has 24 heavy (non-hydrogen) atoms. The van der Waals surface area contributed by atoms with E-state index in [2.05, 4.69) is 11.8 Å². The van der Waals surface area contributed by atoms with E-state index in [1.54, 1.807) is 6.08 Å². The first-order valence-corrected chi connectivity index (χ1v) is 9.93. The molecule has 0 N–H and O–H groups in total. The van der Waals surface area contributed by atoms with Gasteiger partial charge in [0, 0.05) is 17.0 Å². The Bertz CT molecular complexity index is 776. The van der Waals surface area contributed by atoms with Gasteiger partial charge in [-0.05, 0) is 50.4 Å². The number of hydrogen-bond acceptors (Lipinski definition) is 4. The highest BCUT2D eigenvalue weighted by atomic mass is 32.2. The predicted octanol–water partition coefficient (Wildman–Crippen LogP) is 2.42. The van der Waals surface area contributed by atoms with Crippen LogP contribution in [0.1, 0.15) is 32.6 Å². The lowest BCUT2D eigenvalue weighted by atomic mass is 9.61. The molecule has 3 heterocycles. The Balaban J connectivity index is 1.68. The van der Waals surface area contributed by atoms with Gasteiger partial charge in [-0.3, -0.25) is 9.11 Å². The number of esters is 1. The van der Waals surface area contributed by atoms with Gasteiger partial charge in [-0.2, -0.15) is 0 Å². The van der Waals surface area contributed by atoms with E-state index >= 15 is 0 Å². The van der Waals surface area contributed by atoms with Gasteiger partial charge in [0.1, 0.15) is 4.75 Å². The third-order valence-corrected chi connectivity index (χ3v) is 8.74. The fourth-order valence-electron chi connectivity index (χ4n) is 5.61. The maximum absolute atomic E-state index is 13.7. The van der Waals surface area contributed by atoms with E-state index in [9.17, 15) is 9.00 Å². The zero-order valence-corrected chi connectivity index (χ0v) is 14.6. The van der Waals surface area contributed by atoms with Crippen molar-refractivity contribution in [1.29, 1.82) is 0 Å². The van der Waals surface area contributed by atoms with Gasteiger partial charge in [0.05, 0.1) is 16.8 Å². The number of fused-ring (bicyclic) bond motifs is 1. The standard InChI is InChI=1S/C19H21NO3S/c1-13-18(24(22)15-7-3-2-4-8-15)12-14-11-17(21)23-19(14,18)16-9-5-6-10-20(13)16/h2-4,7-8,11,13,16H,5-6,9-10,12H2,1H3/t13-,16+,18?,19-,24?/m0/s1. The molecular formula is C19H21NO3S. The first-order valence-electron chi connectivity index (χ1n) is 8.78. The third-order valence-electron chi connectivity index (χ3n) is 6.59. The smallest absolute Gasteiger partial charge is 0.331 e.